The van der Waals surface area contributed by atoms with Gasteiger partial charge in [0.15, 0.2) is 10.8 Å². The van der Waals surface area contributed by atoms with Crippen molar-refractivity contribution in [3.63, 3.8) is 0 Å². The molecule has 0 amide bonds. The normalized spacial score (nSPS) is 11.1. The monoisotopic (exact) mass is 634 g/mol. The van der Waals surface area contributed by atoms with E-state index in [1.807, 2.05) is 31.4 Å². The summed E-state index contributed by atoms with van der Waals surface area (Å²) in [6, 6.07) is 17.6. The second-order valence-electron chi connectivity index (χ2n) is 8.15. The van der Waals surface area contributed by atoms with E-state index in [1.165, 1.54) is 23.1 Å². The van der Waals surface area contributed by atoms with E-state index < -0.39 is 6.16 Å². The summed E-state index contributed by atoms with van der Waals surface area (Å²) in [4.78, 5) is 16.5. The van der Waals surface area contributed by atoms with Crippen LogP contribution in [0.4, 0.5) is 4.79 Å². The number of halogens is 1. The number of fused-ring (bicyclic) bond motifs is 1. The Balaban J connectivity index is 1.32. The van der Waals surface area contributed by atoms with Crippen molar-refractivity contribution in [3.05, 3.63) is 75.2 Å². The van der Waals surface area contributed by atoms with Crippen LogP contribution in [0.3, 0.4) is 0 Å². The van der Waals surface area contributed by atoms with Gasteiger partial charge >= 0.3 is 6.16 Å². The summed E-state index contributed by atoms with van der Waals surface area (Å²) < 4.78 is 19.4. The number of aryl methyl sites for hydroxylation is 1. The van der Waals surface area contributed by atoms with Gasteiger partial charge in [-0.15, -0.1) is 21.5 Å². The second kappa shape index (κ2) is 11.9. The number of aromatic nitrogens is 4. The van der Waals surface area contributed by atoms with Gasteiger partial charge in [0, 0.05) is 21.7 Å². The molecule has 0 radical (unpaired) electrons. The van der Waals surface area contributed by atoms with Crippen molar-refractivity contribution in [2.24, 2.45) is 5.10 Å². The van der Waals surface area contributed by atoms with Crippen LogP contribution < -0.4 is 14.2 Å². The number of carbonyl (C=O) groups excluding carboxylic acids is 1. The number of nitriles is 1. The summed E-state index contributed by atoms with van der Waals surface area (Å²) in [5.41, 5.74) is 3.12. The highest BCUT2D eigenvalue weighted by Crippen LogP contribution is 2.29. The molecule has 0 N–H and O–H groups in total. The Hall–Kier alpha value is -4.25. The van der Waals surface area contributed by atoms with Crippen molar-refractivity contribution >= 4 is 61.6 Å². The standard InChI is InChI=1S/C27H19BrN6O4S2/c1-15-10-20(28)17(11-22(15)36-2)14-30-34-25(32-33-26(34)39-3)16-4-6-18(7-5-16)37-27(35)38-19-8-9-23-21(12-19)31-24(13-29)40-23/h4-12,14H,1-3H3/b30-14+. The van der Waals surface area contributed by atoms with Crippen molar-refractivity contribution in [3.8, 4) is 34.7 Å². The lowest BCUT2D eigenvalue weighted by atomic mass is 10.1. The number of nitrogens with zero attached hydrogens (tertiary/aromatic N) is 6. The van der Waals surface area contributed by atoms with Crippen LogP contribution in [0, 0.1) is 18.3 Å². The van der Waals surface area contributed by atoms with Crippen LogP contribution in [0.15, 0.2) is 69.3 Å². The van der Waals surface area contributed by atoms with Crippen molar-refractivity contribution in [1.82, 2.24) is 19.9 Å². The van der Waals surface area contributed by atoms with Gasteiger partial charge in [0.05, 0.1) is 23.5 Å². The second-order valence-corrected chi connectivity index (χ2v) is 10.8. The summed E-state index contributed by atoms with van der Waals surface area (Å²) in [5, 5.41) is 23.1. The van der Waals surface area contributed by atoms with Crippen molar-refractivity contribution in [2.45, 2.75) is 12.1 Å². The molecule has 2 aromatic heterocycles. The molecule has 5 rings (SSSR count). The first-order valence-corrected chi connectivity index (χ1v) is 14.4. The third-order valence-corrected chi connectivity index (χ3v) is 7.84. The number of methoxy groups -OCH3 is 1. The first-order chi connectivity index (χ1) is 19.4. The zero-order valence-corrected chi connectivity index (χ0v) is 24.5. The SMILES string of the molecule is COc1cc(/C=N/n2c(SC)nnc2-c2ccc(OC(=O)Oc3ccc4sc(C#N)nc4c3)cc2)c(Br)cc1C. The first kappa shape index (κ1) is 27.3. The molecule has 0 bridgehead atoms. The number of thioether (sulfide) groups is 1. The lowest BCUT2D eigenvalue weighted by Crippen LogP contribution is -2.13. The average Bonchev–Trinajstić information content (AvgIpc) is 3.56. The summed E-state index contributed by atoms with van der Waals surface area (Å²) in [6.45, 7) is 1.97. The van der Waals surface area contributed by atoms with Crippen molar-refractivity contribution in [2.75, 3.05) is 13.4 Å². The quantitative estimate of drug-likeness (QED) is 0.0833. The Kier molecular flexibility index (Phi) is 8.11. The first-order valence-electron chi connectivity index (χ1n) is 11.6. The van der Waals surface area contributed by atoms with Crippen LogP contribution in [-0.2, 0) is 0 Å². The Morgan fingerprint density at radius 2 is 1.88 bits per heavy atom. The van der Waals surface area contributed by atoms with E-state index in [1.54, 1.807) is 60.5 Å². The molecule has 10 nitrogen and oxygen atoms in total. The fourth-order valence-electron chi connectivity index (χ4n) is 3.69. The van der Waals surface area contributed by atoms with E-state index in [4.69, 9.17) is 19.5 Å². The van der Waals surface area contributed by atoms with Gasteiger partial charge in [-0.25, -0.2) is 9.78 Å². The largest absolute Gasteiger partial charge is 0.519 e. The number of thiazole rings is 1. The predicted octanol–water partition coefficient (Wildman–Crippen LogP) is 6.69. The molecule has 0 saturated carbocycles. The van der Waals surface area contributed by atoms with E-state index >= 15 is 0 Å². The van der Waals surface area contributed by atoms with Crippen LogP contribution in [0.25, 0.3) is 21.6 Å². The Bertz CT molecular complexity index is 1790. The number of rotatable bonds is 7. The van der Waals surface area contributed by atoms with Crippen LogP contribution >= 0.6 is 39.0 Å². The van der Waals surface area contributed by atoms with Crippen LogP contribution in [0.5, 0.6) is 17.2 Å². The summed E-state index contributed by atoms with van der Waals surface area (Å²) >= 11 is 6.25. The van der Waals surface area contributed by atoms with Gasteiger partial charge in [0.25, 0.3) is 0 Å². The van der Waals surface area contributed by atoms with Gasteiger partial charge in [-0.1, -0.05) is 27.7 Å². The van der Waals surface area contributed by atoms with E-state index in [-0.39, 0.29) is 11.5 Å². The number of hydrogen-bond donors (Lipinski definition) is 0. The average molecular weight is 636 g/mol. The summed E-state index contributed by atoms with van der Waals surface area (Å²) in [6.07, 6.45) is 2.69. The van der Waals surface area contributed by atoms with Crippen molar-refractivity contribution < 1.29 is 19.0 Å². The molecule has 200 valence electrons. The Morgan fingerprint density at radius 3 is 2.60 bits per heavy atom. The van der Waals surface area contributed by atoms with Crippen LogP contribution in [0.1, 0.15) is 16.1 Å². The highest BCUT2D eigenvalue weighted by Gasteiger charge is 2.15. The van der Waals surface area contributed by atoms with E-state index in [0.717, 1.165) is 26.0 Å². The molecule has 0 aliphatic rings. The molecule has 0 unspecified atom stereocenters. The molecular formula is C27H19BrN6O4S2. The molecule has 0 aliphatic carbocycles. The Morgan fingerprint density at radius 1 is 1.12 bits per heavy atom. The van der Waals surface area contributed by atoms with E-state index in [2.05, 4.69) is 36.2 Å². The molecule has 3 aromatic carbocycles. The maximum absolute atomic E-state index is 12.4. The third-order valence-electron chi connectivity index (χ3n) is 5.59. The van der Waals surface area contributed by atoms with Gasteiger partial charge in [-0.3, -0.25) is 0 Å². The maximum Gasteiger partial charge on any atom is 0.519 e. The van der Waals surface area contributed by atoms with Gasteiger partial charge in [-0.2, -0.15) is 15.0 Å². The molecule has 0 spiro atoms. The minimum atomic E-state index is -0.903. The zero-order valence-electron chi connectivity index (χ0n) is 21.3. The molecule has 5 aromatic rings. The molecule has 13 heteroatoms. The minimum absolute atomic E-state index is 0.261. The molecule has 2 heterocycles. The number of hydrogen-bond acceptors (Lipinski definition) is 11. The molecule has 0 saturated heterocycles. The highest BCUT2D eigenvalue weighted by atomic mass is 79.9. The fourth-order valence-corrected chi connectivity index (χ4v) is 5.42. The zero-order chi connectivity index (χ0) is 28.2. The maximum atomic E-state index is 12.4. The minimum Gasteiger partial charge on any atom is -0.496 e. The Labute approximate surface area is 245 Å². The molecule has 0 atom stereocenters. The van der Waals surface area contributed by atoms with Gasteiger partial charge < -0.3 is 14.2 Å². The smallest absolute Gasteiger partial charge is 0.496 e. The highest BCUT2D eigenvalue weighted by molar-refractivity contribution is 9.10. The molecular weight excluding hydrogens is 616 g/mol. The fraction of sp³-hybridized carbons (Fsp3) is 0.111. The predicted molar refractivity (Wildman–Crippen MR) is 157 cm³/mol. The van der Waals surface area contributed by atoms with Gasteiger partial charge in [-0.05, 0) is 67.3 Å². The number of carbonyl (C=O) groups is 1. The lowest BCUT2D eigenvalue weighted by molar-refractivity contribution is 0.152. The van der Waals surface area contributed by atoms with E-state index in [9.17, 15) is 4.79 Å². The van der Waals surface area contributed by atoms with E-state index in [0.29, 0.717) is 27.1 Å². The topological polar surface area (TPSA) is 125 Å². The van der Waals surface area contributed by atoms with Crippen molar-refractivity contribution in [1.29, 1.82) is 5.26 Å². The molecule has 0 aliphatic heterocycles. The van der Waals surface area contributed by atoms with Gasteiger partial charge in [0.2, 0.25) is 5.16 Å². The molecule has 40 heavy (non-hydrogen) atoms. The van der Waals surface area contributed by atoms with Gasteiger partial charge in [0.1, 0.15) is 23.3 Å². The van der Waals surface area contributed by atoms with Crippen LogP contribution in [-0.4, -0.2) is 45.6 Å². The van der Waals surface area contributed by atoms with Crippen LogP contribution in [0.2, 0.25) is 0 Å². The summed E-state index contributed by atoms with van der Waals surface area (Å²) in [7, 11) is 1.63. The number of ether oxygens (including phenoxy) is 3. The molecule has 0 fully saturated rings. The number of benzene rings is 3. The summed E-state index contributed by atoms with van der Waals surface area (Å²) in [5.74, 6) is 1.81. The lowest BCUT2D eigenvalue weighted by Gasteiger charge is -2.08. The third kappa shape index (κ3) is 5.84.